The average molecular weight is 386 g/mol. The average Bonchev–Trinajstić information content (AvgIpc) is 3.24. The summed E-state index contributed by atoms with van der Waals surface area (Å²) in [6.45, 7) is 4.97. The zero-order valence-electron chi connectivity index (χ0n) is 16.4. The van der Waals surface area contributed by atoms with Gasteiger partial charge in [0, 0.05) is 6.04 Å². The van der Waals surface area contributed by atoms with E-state index in [1.807, 2.05) is 0 Å². The van der Waals surface area contributed by atoms with Crippen LogP contribution in [0.25, 0.3) is 0 Å². The Labute approximate surface area is 164 Å². The van der Waals surface area contributed by atoms with Crippen LogP contribution in [0.15, 0.2) is 24.3 Å². The first-order valence-corrected chi connectivity index (χ1v) is 9.79. The fourth-order valence-electron chi connectivity index (χ4n) is 3.82. The molecule has 1 saturated carbocycles. The molecule has 1 N–H and O–H groups in total. The lowest BCUT2D eigenvalue weighted by molar-refractivity contribution is -0.160. The fourth-order valence-corrected chi connectivity index (χ4v) is 3.82. The Bertz CT molecular complexity index is 763. The van der Waals surface area contributed by atoms with Gasteiger partial charge in [0.1, 0.15) is 6.04 Å². The summed E-state index contributed by atoms with van der Waals surface area (Å²) in [5, 5.41) is 2.89. The van der Waals surface area contributed by atoms with E-state index in [9.17, 15) is 19.2 Å². The summed E-state index contributed by atoms with van der Waals surface area (Å²) in [6.07, 6.45) is 3.01. The molecular formula is C21H26N2O5. The van der Waals surface area contributed by atoms with Gasteiger partial charge in [-0.2, -0.15) is 0 Å². The number of carbonyl (C=O) groups excluding carboxylic acids is 4. The molecular weight excluding hydrogens is 360 g/mol. The molecule has 3 amide bonds. The van der Waals surface area contributed by atoms with Gasteiger partial charge < -0.3 is 10.1 Å². The number of fused-ring (bicyclic) bond motifs is 1. The maximum Gasteiger partial charge on any atom is 0.330 e. The van der Waals surface area contributed by atoms with Crippen LogP contribution in [0.2, 0.25) is 0 Å². The number of hydrogen-bond donors (Lipinski definition) is 1. The predicted molar refractivity (Wildman–Crippen MR) is 102 cm³/mol. The maximum absolute atomic E-state index is 12.8. The van der Waals surface area contributed by atoms with E-state index in [2.05, 4.69) is 5.32 Å². The molecule has 2 atom stereocenters. The Kier molecular flexibility index (Phi) is 5.82. The lowest BCUT2D eigenvalue weighted by atomic mass is 10.0. The van der Waals surface area contributed by atoms with Gasteiger partial charge in [-0.05, 0) is 37.8 Å². The van der Waals surface area contributed by atoms with E-state index >= 15 is 0 Å². The Balaban J connectivity index is 1.72. The van der Waals surface area contributed by atoms with Crippen LogP contribution in [-0.4, -0.2) is 46.8 Å². The highest BCUT2D eigenvalue weighted by Gasteiger charge is 2.45. The van der Waals surface area contributed by atoms with Crippen LogP contribution in [0.4, 0.5) is 0 Å². The molecule has 1 aromatic carbocycles. The van der Waals surface area contributed by atoms with Crippen molar-refractivity contribution in [1.82, 2.24) is 10.2 Å². The topological polar surface area (TPSA) is 92.8 Å². The van der Waals surface area contributed by atoms with Gasteiger partial charge in [-0.1, -0.05) is 38.8 Å². The minimum atomic E-state index is -1.09. The molecule has 0 bridgehead atoms. The summed E-state index contributed by atoms with van der Waals surface area (Å²) >= 11 is 0. The molecule has 28 heavy (non-hydrogen) atoms. The van der Waals surface area contributed by atoms with Crippen molar-refractivity contribution in [3.8, 4) is 0 Å². The number of benzene rings is 1. The fraction of sp³-hybridized carbons (Fsp3) is 0.524. The monoisotopic (exact) mass is 386 g/mol. The third-order valence-electron chi connectivity index (χ3n) is 5.34. The van der Waals surface area contributed by atoms with Crippen molar-refractivity contribution < 1.29 is 23.9 Å². The van der Waals surface area contributed by atoms with Gasteiger partial charge in [0.05, 0.1) is 11.1 Å². The van der Waals surface area contributed by atoms with E-state index in [0.29, 0.717) is 0 Å². The zero-order chi connectivity index (χ0) is 20.4. The van der Waals surface area contributed by atoms with Crippen LogP contribution in [0.1, 0.15) is 67.2 Å². The van der Waals surface area contributed by atoms with Crippen LogP contribution < -0.4 is 5.32 Å². The largest absolute Gasteiger partial charge is 0.451 e. The molecule has 2 aliphatic rings. The summed E-state index contributed by atoms with van der Waals surface area (Å²) in [5.74, 6) is -2.50. The predicted octanol–water partition coefficient (Wildman–Crippen LogP) is 2.30. The molecule has 1 aromatic rings. The van der Waals surface area contributed by atoms with Crippen molar-refractivity contribution >= 4 is 23.7 Å². The molecule has 0 saturated heterocycles. The molecule has 0 aromatic heterocycles. The van der Waals surface area contributed by atoms with Gasteiger partial charge in [0.25, 0.3) is 17.7 Å². The van der Waals surface area contributed by atoms with Crippen molar-refractivity contribution in [2.24, 2.45) is 5.92 Å². The molecule has 1 heterocycles. The summed E-state index contributed by atoms with van der Waals surface area (Å²) in [4.78, 5) is 51.5. The third kappa shape index (κ3) is 3.79. The normalized spacial score (nSPS) is 18.9. The van der Waals surface area contributed by atoms with Crippen molar-refractivity contribution in [1.29, 1.82) is 0 Å². The number of ether oxygens (including phenoxy) is 1. The van der Waals surface area contributed by atoms with E-state index in [1.54, 1.807) is 38.1 Å². The SMILES string of the molecule is CC(C)[C@H](C(=O)O[C@H](C)C(=O)NC1CCCC1)N1C(=O)c2ccccc2C1=O. The van der Waals surface area contributed by atoms with E-state index in [-0.39, 0.29) is 29.0 Å². The second kappa shape index (κ2) is 8.12. The summed E-state index contributed by atoms with van der Waals surface area (Å²) in [6, 6.07) is 5.50. The van der Waals surface area contributed by atoms with Gasteiger partial charge in [-0.15, -0.1) is 0 Å². The Morgan fingerprint density at radius 2 is 1.57 bits per heavy atom. The first kappa shape index (κ1) is 20.0. The zero-order valence-corrected chi connectivity index (χ0v) is 16.4. The van der Waals surface area contributed by atoms with Crippen LogP contribution in [0.5, 0.6) is 0 Å². The number of esters is 1. The van der Waals surface area contributed by atoms with Crippen LogP contribution in [0.3, 0.4) is 0 Å². The Morgan fingerprint density at radius 1 is 1.04 bits per heavy atom. The van der Waals surface area contributed by atoms with E-state index in [4.69, 9.17) is 4.74 Å². The summed E-state index contributed by atoms with van der Waals surface area (Å²) in [5.41, 5.74) is 0.552. The van der Waals surface area contributed by atoms with E-state index < -0.39 is 29.9 Å². The van der Waals surface area contributed by atoms with Crippen LogP contribution >= 0.6 is 0 Å². The van der Waals surface area contributed by atoms with E-state index in [0.717, 1.165) is 30.6 Å². The van der Waals surface area contributed by atoms with Gasteiger partial charge >= 0.3 is 5.97 Å². The molecule has 0 radical (unpaired) electrons. The van der Waals surface area contributed by atoms with Gasteiger partial charge in [0.2, 0.25) is 0 Å². The molecule has 0 unspecified atom stereocenters. The number of nitrogens with zero attached hydrogens (tertiary/aromatic N) is 1. The lowest BCUT2D eigenvalue weighted by Crippen LogP contribution is -2.50. The number of nitrogens with one attached hydrogen (secondary N) is 1. The smallest absolute Gasteiger partial charge is 0.330 e. The summed E-state index contributed by atoms with van der Waals surface area (Å²) < 4.78 is 5.36. The van der Waals surface area contributed by atoms with Crippen LogP contribution in [0, 0.1) is 5.92 Å². The molecule has 1 fully saturated rings. The molecule has 7 heteroatoms. The first-order chi connectivity index (χ1) is 13.3. The minimum absolute atomic E-state index is 0.116. The standard InChI is InChI=1S/C21H26N2O5/c1-12(2)17(23-19(25)15-10-6-7-11-16(15)20(23)26)21(27)28-13(3)18(24)22-14-8-4-5-9-14/h6-7,10-14,17H,4-5,8-9H2,1-3H3,(H,22,24)/t13-,17-/m1/s1. The molecule has 7 nitrogen and oxygen atoms in total. The van der Waals surface area contributed by atoms with Crippen molar-refractivity contribution in [2.75, 3.05) is 0 Å². The second-order valence-electron chi connectivity index (χ2n) is 7.78. The van der Waals surface area contributed by atoms with E-state index in [1.165, 1.54) is 6.92 Å². The van der Waals surface area contributed by atoms with Crippen LogP contribution in [-0.2, 0) is 14.3 Å². The molecule has 150 valence electrons. The Hall–Kier alpha value is -2.70. The highest BCUT2D eigenvalue weighted by atomic mass is 16.5. The number of amides is 3. The molecule has 3 rings (SSSR count). The molecule has 0 spiro atoms. The molecule has 1 aliphatic carbocycles. The first-order valence-electron chi connectivity index (χ1n) is 9.79. The Morgan fingerprint density at radius 3 is 2.07 bits per heavy atom. The van der Waals surface area contributed by atoms with Gasteiger partial charge in [-0.3, -0.25) is 19.3 Å². The van der Waals surface area contributed by atoms with Crippen molar-refractivity contribution in [3.63, 3.8) is 0 Å². The minimum Gasteiger partial charge on any atom is -0.451 e. The van der Waals surface area contributed by atoms with Crippen molar-refractivity contribution in [2.45, 2.75) is 64.6 Å². The van der Waals surface area contributed by atoms with Gasteiger partial charge in [-0.25, -0.2) is 4.79 Å². The number of rotatable bonds is 6. The molecule has 1 aliphatic heterocycles. The number of carbonyl (C=O) groups is 4. The highest BCUT2D eigenvalue weighted by molar-refractivity contribution is 6.22. The third-order valence-corrected chi connectivity index (χ3v) is 5.34. The second-order valence-corrected chi connectivity index (χ2v) is 7.78. The van der Waals surface area contributed by atoms with Crippen molar-refractivity contribution in [3.05, 3.63) is 35.4 Å². The summed E-state index contributed by atoms with van der Waals surface area (Å²) in [7, 11) is 0. The quantitative estimate of drug-likeness (QED) is 0.598. The number of imide groups is 1. The van der Waals surface area contributed by atoms with Gasteiger partial charge in [0.15, 0.2) is 6.10 Å². The maximum atomic E-state index is 12.8. The highest BCUT2D eigenvalue weighted by Crippen LogP contribution is 2.28. The number of hydrogen-bond acceptors (Lipinski definition) is 5. The lowest BCUT2D eigenvalue weighted by Gasteiger charge is -2.28.